The Balaban J connectivity index is 1.46. The number of rotatable bonds is 9. The Bertz CT molecular complexity index is 1230. The molecule has 3 saturated carbocycles. The molecular formula is C32H45BrO6S. The highest BCUT2D eigenvalue weighted by atomic mass is 79.9. The van der Waals surface area contributed by atoms with Crippen LogP contribution >= 0.6 is 15.9 Å². The summed E-state index contributed by atoms with van der Waals surface area (Å²) in [5.74, 6) is 0.929. The lowest BCUT2D eigenvalue weighted by molar-refractivity contribution is -0.0454. The van der Waals surface area contributed by atoms with Gasteiger partial charge in [-0.1, -0.05) is 47.2 Å². The van der Waals surface area contributed by atoms with Gasteiger partial charge in [0.2, 0.25) is 0 Å². The SMILES string of the molecule is C=C1/C(=C/C=C2\CCC[C@@]3(C)C2CC[C@@H]3[C@H](C)OCCC(C)(C)O)C[C@@H](OS(=O)(=O)c2ccc(Br)cc2)C[C@@H]1O. The van der Waals surface area contributed by atoms with E-state index in [0.29, 0.717) is 36.9 Å². The summed E-state index contributed by atoms with van der Waals surface area (Å²) in [5, 5.41) is 20.7. The van der Waals surface area contributed by atoms with E-state index < -0.39 is 27.9 Å². The number of aliphatic hydroxyl groups excluding tert-OH is 1. The summed E-state index contributed by atoms with van der Waals surface area (Å²) in [4.78, 5) is 0.0952. The normalized spacial score (nSPS) is 32.4. The monoisotopic (exact) mass is 636 g/mol. The summed E-state index contributed by atoms with van der Waals surface area (Å²) in [7, 11) is -3.96. The lowest BCUT2D eigenvalue weighted by Gasteiger charge is -2.44. The quantitative estimate of drug-likeness (QED) is 0.287. The molecular weight excluding hydrogens is 592 g/mol. The highest BCUT2D eigenvalue weighted by molar-refractivity contribution is 9.10. The third-order valence-electron chi connectivity index (χ3n) is 9.31. The molecule has 3 fully saturated rings. The highest BCUT2D eigenvalue weighted by Crippen LogP contribution is 2.58. The van der Waals surface area contributed by atoms with Crippen LogP contribution in [0.15, 0.2) is 69.1 Å². The summed E-state index contributed by atoms with van der Waals surface area (Å²) in [6.07, 6.45) is 9.62. The van der Waals surface area contributed by atoms with Crippen LogP contribution in [0.5, 0.6) is 0 Å². The molecule has 0 saturated heterocycles. The second-order valence-corrected chi connectivity index (χ2v) is 15.3. The zero-order valence-electron chi connectivity index (χ0n) is 24.2. The number of benzene rings is 1. The molecule has 6 nitrogen and oxygen atoms in total. The fraction of sp³-hybridized carbons (Fsp3) is 0.625. The molecule has 1 aromatic rings. The minimum Gasteiger partial charge on any atom is -0.390 e. The molecule has 0 aromatic heterocycles. The molecule has 40 heavy (non-hydrogen) atoms. The number of fused-ring (bicyclic) bond motifs is 1. The van der Waals surface area contributed by atoms with E-state index in [0.717, 1.165) is 35.7 Å². The van der Waals surface area contributed by atoms with Gasteiger partial charge < -0.3 is 14.9 Å². The van der Waals surface area contributed by atoms with Crippen LogP contribution in [0.3, 0.4) is 0 Å². The maximum Gasteiger partial charge on any atom is 0.297 e. The van der Waals surface area contributed by atoms with E-state index in [1.54, 1.807) is 12.1 Å². The van der Waals surface area contributed by atoms with E-state index >= 15 is 0 Å². The Morgan fingerprint density at radius 2 is 1.93 bits per heavy atom. The van der Waals surface area contributed by atoms with Crippen molar-refractivity contribution in [1.29, 1.82) is 0 Å². The van der Waals surface area contributed by atoms with Crippen LogP contribution in [0.4, 0.5) is 0 Å². The van der Waals surface area contributed by atoms with E-state index in [9.17, 15) is 18.6 Å². The van der Waals surface area contributed by atoms with Crippen molar-refractivity contribution >= 4 is 26.0 Å². The van der Waals surface area contributed by atoms with E-state index in [1.165, 1.54) is 24.1 Å². The fourth-order valence-electron chi connectivity index (χ4n) is 7.02. The van der Waals surface area contributed by atoms with Crippen LogP contribution in [-0.2, 0) is 19.0 Å². The molecule has 0 radical (unpaired) electrons. The van der Waals surface area contributed by atoms with Crippen molar-refractivity contribution in [3.8, 4) is 0 Å². The van der Waals surface area contributed by atoms with Crippen molar-refractivity contribution in [2.75, 3.05) is 6.61 Å². The fourth-order valence-corrected chi connectivity index (χ4v) is 8.37. The number of hydrogen-bond acceptors (Lipinski definition) is 6. The first-order valence-corrected chi connectivity index (χ1v) is 16.7. The average Bonchev–Trinajstić information content (AvgIpc) is 3.22. The Labute approximate surface area is 248 Å². The van der Waals surface area contributed by atoms with Crippen LogP contribution < -0.4 is 0 Å². The summed E-state index contributed by atoms with van der Waals surface area (Å²) < 4.78 is 38.4. The van der Waals surface area contributed by atoms with E-state index in [1.807, 2.05) is 19.9 Å². The van der Waals surface area contributed by atoms with Gasteiger partial charge in [0.05, 0.1) is 28.8 Å². The smallest absolute Gasteiger partial charge is 0.297 e. The van der Waals surface area contributed by atoms with Gasteiger partial charge in [-0.25, -0.2) is 0 Å². The predicted molar refractivity (Wildman–Crippen MR) is 161 cm³/mol. The van der Waals surface area contributed by atoms with Crippen molar-refractivity contribution in [2.24, 2.45) is 17.3 Å². The van der Waals surface area contributed by atoms with Crippen LogP contribution in [0, 0.1) is 17.3 Å². The van der Waals surface area contributed by atoms with Gasteiger partial charge in [-0.3, -0.25) is 4.18 Å². The van der Waals surface area contributed by atoms with Gasteiger partial charge in [-0.2, -0.15) is 8.42 Å². The van der Waals surface area contributed by atoms with Crippen molar-refractivity contribution in [3.63, 3.8) is 0 Å². The Morgan fingerprint density at radius 3 is 2.60 bits per heavy atom. The summed E-state index contributed by atoms with van der Waals surface area (Å²) in [6.45, 7) is 12.9. The van der Waals surface area contributed by atoms with Crippen LogP contribution in [0.1, 0.15) is 79.1 Å². The van der Waals surface area contributed by atoms with Crippen LogP contribution in [0.25, 0.3) is 0 Å². The van der Waals surface area contributed by atoms with Crippen LogP contribution in [-0.4, -0.2) is 49.2 Å². The molecule has 0 bridgehead atoms. The second kappa shape index (κ2) is 12.5. The highest BCUT2D eigenvalue weighted by Gasteiger charge is 2.51. The zero-order chi connectivity index (χ0) is 29.3. The van der Waals surface area contributed by atoms with Gasteiger partial charge in [0.1, 0.15) is 0 Å². The number of hydrogen-bond donors (Lipinski definition) is 2. The molecule has 8 heteroatoms. The van der Waals surface area contributed by atoms with Gasteiger partial charge in [0.25, 0.3) is 10.1 Å². The summed E-state index contributed by atoms with van der Waals surface area (Å²) >= 11 is 3.32. The molecule has 6 atom stereocenters. The molecule has 222 valence electrons. The Kier molecular flexibility index (Phi) is 9.90. The molecule has 3 aliphatic rings. The Hall–Kier alpha value is -1.29. The van der Waals surface area contributed by atoms with E-state index in [-0.39, 0.29) is 22.8 Å². The molecule has 0 amide bonds. The lowest BCUT2D eigenvalue weighted by Crippen LogP contribution is -2.39. The van der Waals surface area contributed by atoms with Crippen molar-refractivity contribution < 1.29 is 27.6 Å². The van der Waals surface area contributed by atoms with E-state index in [4.69, 9.17) is 8.92 Å². The molecule has 0 aliphatic heterocycles. The van der Waals surface area contributed by atoms with Crippen LogP contribution in [0.2, 0.25) is 0 Å². The minimum absolute atomic E-state index is 0.0952. The van der Waals surface area contributed by atoms with E-state index in [2.05, 4.69) is 42.4 Å². The molecule has 1 aromatic carbocycles. The van der Waals surface area contributed by atoms with Crippen molar-refractivity contribution in [1.82, 2.24) is 0 Å². The number of allylic oxidation sites excluding steroid dienone is 3. The second-order valence-electron chi connectivity index (χ2n) is 12.8. The number of halogens is 1. The predicted octanol–water partition coefficient (Wildman–Crippen LogP) is 6.87. The lowest BCUT2D eigenvalue weighted by atomic mass is 9.62. The summed E-state index contributed by atoms with van der Waals surface area (Å²) in [6, 6.07) is 6.35. The molecule has 3 aliphatic carbocycles. The summed E-state index contributed by atoms with van der Waals surface area (Å²) in [5.41, 5.74) is 2.33. The number of ether oxygens (including phenoxy) is 1. The molecule has 2 N–H and O–H groups in total. The van der Waals surface area contributed by atoms with Crippen molar-refractivity contribution in [3.05, 3.63) is 64.2 Å². The van der Waals surface area contributed by atoms with Gasteiger partial charge in [-0.05, 0) is 112 Å². The van der Waals surface area contributed by atoms with Gasteiger partial charge >= 0.3 is 0 Å². The van der Waals surface area contributed by atoms with Crippen molar-refractivity contribution in [2.45, 2.75) is 108 Å². The maximum absolute atomic E-state index is 12.9. The third-order valence-corrected chi connectivity index (χ3v) is 11.2. The molecule has 0 heterocycles. The molecule has 4 rings (SSSR count). The first-order valence-electron chi connectivity index (χ1n) is 14.5. The van der Waals surface area contributed by atoms with Gasteiger partial charge in [-0.15, -0.1) is 0 Å². The molecule has 1 unspecified atom stereocenters. The topological polar surface area (TPSA) is 93.1 Å². The van der Waals surface area contributed by atoms with Gasteiger partial charge in [0, 0.05) is 23.9 Å². The zero-order valence-corrected chi connectivity index (χ0v) is 26.6. The number of aliphatic hydroxyl groups is 2. The third kappa shape index (κ3) is 7.37. The van der Waals surface area contributed by atoms with Gasteiger partial charge in [0.15, 0.2) is 0 Å². The largest absolute Gasteiger partial charge is 0.390 e. The first-order chi connectivity index (χ1) is 18.7. The molecule has 0 spiro atoms. The average molecular weight is 638 g/mol. The maximum atomic E-state index is 12.9. The Morgan fingerprint density at radius 1 is 1.23 bits per heavy atom. The minimum atomic E-state index is -3.96. The standard InChI is InChI=1S/C32H45BrO6S/c1-21-24(19-26(20-30(21)34)39-40(36,37)27-12-10-25(33)11-13-27)9-8-23-7-6-16-32(5)28(14-15-29(23)32)22(2)38-18-17-31(3,4)35/h8-13,22,26,28-30,34-35H,1,6-7,14-20H2,2-5H3/b23-8+,24-9+/t22-,26+,28+,29?,30-,32+/m0/s1. The first kappa shape index (κ1) is 31.6.